The van der Waals surface area contributed by atoms with Crippen LogP contribution in [0, 0.1) is 12.8 Å². The second-order valence-corrected chi connectivity index (χ2v) is 9.77. The maximum absolute atomic E-state index is 13.2. The molecule has 0 radical (unpaired) electrons. The van der Waals surface area contributed by atoms with E-state index in [1.165, 1.54) is 11.1 Å². The van der Waals surface area contributed by atoms with Gasteiger partial charge in [-0.05, 0) is 74.1 Å². The fourth-order valence-corrected chi connectivity index (χ4v) is 4.95. The zero-order valence-electron chi connectivity index (χ0n) is 20.6. The van der Waals surface area contributed by atoms with Crippen molar-refractivity contribution in [2.24, 2.45) is 5.92 Å². The van der Waals surface area contributed by atoms with Gasteiger partial charge in [-0.15, -0.1) is 0 Å². The average Bonchev–Trinajstić information content (AvgIpc) is 3.58. The highest BCUT2D eigenvalue weighted by molar-refractivity contribution is 5.82. The van der Waals surface area contributed by atoms with E-state index in [2.05, 4.69) is 37.3 Å². The number of nitrogens with zero attached hydrogens (tertiary/aromatic N) is 2. The zero-order chi connectivity index (χ0) is 24.5. The van der Waals surface area contributed by atoms with E-state index in [0.717, 1.165) is 36.1 Å². The number of benzene rings is 2. The largest absolute Gasteiger partial charge is 0.481 e. The van der Waals surface area contributed by atoms with Gasteiger partial charge in [0.25, 0.3) is 5.91 Å². The molecule has 5 rings (SSSR count). The zero-order valence-corrected chi connectivity index (χ0v) is 20.6. The van der Waals surface area contributed by atoms with E-state index in [4.69, 9.17) is 9.15 Å². The Bertz CT molecular complexity index is 1220. The first-order valence-corrected chi connectivity index (χ1v) is 12.3. The van der Waals surface area contributed by atoms with E-state index in [-0.39, 0.29) is 23.8 Å². The number of hydrogen-bond acceptors (Lipinski definition) is 4. The maximum atomic E-state index is 13.2. The Morgan fingerprint density at radius 2 is 1.97 bits per heavy atom. The molecule has 1 aromatic heterocycles. The van der Waals surface area contributed by atoms with Gasteiger partial charge in [0.05, 0.1) is 18.8 Å². The van der Waals surface area contributed by atoms with E-state index in [1.807, 2.05) is 29.2 Å². The van der Waals surface area contributed by atoms with E-state index in [1.54, 1.807) is 25.1 Å². The third kappa shape index (κ3) is 4.97. The van der Waals surface area contributed by atoms with E-state index in [9.17, 15) is 9.59 Å². The molecule has 2 heterocycles. The third-order valence-electron chi connectivity index (χ3n) is 6.92. The summed E-state index contributed by atoms with van der Waals surface area (Å²) in [6.07, 6.45) is 3.73. The van der Waals surface area contributed by atoms with E-state index < -0.39 is 6.10 Å². The van der Waals surface area contributed by atoms with Gasteiger partial charge < -0.3 is 19.0 Å². The lowest BCUT2D eigenvalue weighted by Gasteiger charge is -2.38. The van der Waals surface area contributed by atoms with Crippen LogP contribution in [0.25, 0.3) is 0 Å². The topological polar surface area (TPSA) is 63.0 Å². The lowest BCUT2D eigenvalue weighted by atomic mass is 9.87. The van der Waals surface area contributed by atoms with Crippen molar-refractivity contribution < 1.29 is 18.7 Å². The molecule has 1 fully saturated rings. The predicted molar refractivity (Wildman–Crippen MR) is 133 cm³/mol. The molecule has 0 spiro atoms. The standard InChI is InChI=1S/C29H32N2O4/c1-19-6-4-7-23(16-19)27-26-17-24(12-11-21(26)13-14-31(27)29(33)22-9-10-22)35-20(2)28(32)30(3)18-25-8-5-15-34-25/h4-8,11-12,15-17,20,22,27H,9-10,13-14,18H2,1-3H3/t20-,27-/m1/s1. The van der Waals surface area contributed by atoms with Gasteiger partial charge >= 0.3 is 0 Å². The van der Waals surface area contributed by atoms with Crippen molar-refractivity contribution in [2.45, 2.75) is 51.8 Å². The summed E-state index contributed by atoms with van der Waals surface area (Å²) in [6.45, 7) is 4.94. The number of amides is 2. The SMILES string of the molecule is Cc1cccc([C@@H]2c3cc(O[C@H](C)C(=O)N(C)Cc4ccco4)ccc3CCN2C(=O)C2CC2)c1. The van der Waals surface area contributed by atoms with Crippen LogP contribution in [0.1, 0.15) is 53.8 Å². The monoisotopic (exact) mass is 472 g/mol. The minimum Gasteiger partial charge on any atom is -0.481 e. The lowest BCUT2D eigenvalue weighted by molar-refractivity contribution is -0.137. The molecular formula is C29H32N2O4. The van der Waals surface area contributed by atoms with Gasteiger partial charge in [0.1, 0.15) is 11.5 Å². The van der Waals surface area contributed by atoms with Gasteiger partial charge in [-0.1, -0.05) is 35.9 Å². The molecule has 2 amide bonds. The molecule has 6 heteroatoms. The van der Waals surface area contributed by atoms with Gasteiger partial charge in [0.2, 0.25) is 5.91 Å². The predicted octanol–water partition coefficient (Wildman–Crippen LogP) is 4.90. The van der Waals surface area contributed by atoms with Crippen molar-refractivity contribution in [2.75, 3.05) is 13.6 Å². The Morgan fingerprint density at radius 1 is 1.14 bits per heavy atom. The number of likely N-dealkylation sites (N-methyl/N-ethyl adjacent to an activating group) is 1. The van der Waals surface area contributed by atoms with Crippen LogP contribution in [-0.4, -0.2) is 41.3 Å². The minimum atomic E-state index is -0.654. The molecule has 0 bridgehead atoms. The number of carbonyl (C=O) groups is 2. The fraction of sp³-hybridized carbons (Fsp3) is 0.379. The van der Waals surface area contributed by atoms with Crippen molar-refractivity contribution >= 4 is 11.8 Å². The molecular weight excluding hydrogens is 440 g/mol. The van der Waals surface area contributed by atoms with Crippen LogP contribution in [0.5, 0.6) is 5.75 Å². The minimum absolute atomic E-state index is 0.125. The van der Waals surface area contributed by atoms with Crippen molar-refractivity contribution in [3.63, 3.8) is 0 Å². The van der Waals surface area contributed by atoms with E-state index >= 15 is 0 Å². The van der Waals surface area contributed by atoms with Crippen molar-refractivity contribution in [3.05, 3.63) is 88.9 Å². The summed E-state index contributed by atoms with van der Waals surface area (Å²) < 4.78 is 11.5. The van der Waals surface area contributed by atoms with Crippen LogP contribution in [0.2, 0.25) is 0 Å². The highest BCUT2D eigenvalue weighted by Crippen LogP contribution is 2.41. The van der Waals surface area contributed by atoms with Gasteiger partial charge in [-0.2, -0.15) is 0 Å². The molecule has 1 aliphatic carbocycles. The Kier molecular flexibility index (Phi) is 6.37. The number of ether oxygens (including phenoxy) is 1. The second-order valence-electron chi connectivity index (χ2n) is 9.77. The lowest BCUT2D eigenvalue weighted by Crippen LogP contribution is -2.41. The molecule has 0 N–H and O–H groups in total. The number of hydrogen-bond donors (Lipinski definition) is 0. The molecule has 1 saturated carbocycles. The summed E-state index contributed by atoms with van der Waals surface area (Å²) in [5, 5.41) is 0. The molecule has 0 saturated heterocycles. The Hall–Kier alpha value is -3.54. The maximum Gasteiger partial charge on any atom is 0.263 e. The molecule has 0 unspecified atom stereocenters. The van der Waals surface area contributed by atoms with Crippen LogP contribution < -0.4 is 4.74 Å². The molecule has 2 aromatic carbocycles. The number of rotatable bonds is 7. The first kappa shape index (κ1) is 23.2. The Labute approximate surface area is 206 Å². The van der Waals surface area contributed by atoms with Crippen LogP contribution in [-0.2, 0) is 22.6 Å². The highest BCUT2D eigenvalue weighted by atomic mass is 16.5. The molecule has 6 nitrogen and oxygen atoms in total. The first-order valence-electron chi connectivity index (χ1n) is 12.3. The Balaban J connectivity index is 1.40. The normalized spacial score (nSPS) is 18.0. The van der Waals surface area contributed by atoms with Gasteiger partial charge in [0.15, 0.2) is 6.10 Å². The number of carbonyl (C=O) groups excluding carboxylic acids is 2. The summed E-state index contributed by atoms with van der Waals surface area (Å²) in [4.78, 5) is 29.8. The molecule has 1 aliphatic heterocycles. The van der Waals surface area contributed by atoms with Gasteiger partial charge in [-0.3, -0.25) is 9.59 Å². The van der Waals surface area contributed by atoms with Crippen molar-refractivity contribution in [1.82, 2.24) is 9.80 Å². The first-order chi connectivity index (χ1) is 16.9. The molecule has 35 heavy (non-hydrogen) atoms. The summed E-state index contributed by atoms with van der Waals surface area (Å²) in [5.74, 6) is 1.64. The second kappa shape index (κ2) is 9.61. The fourth-order valence-electron chi connectivity index (χ4n) is 4.95. The molecule has 2 aliphatic rings. The number of furan rings is 1. The summed E-state index contributed by atoms with van der Waals surface area (Å²) in [5.41, 5.74) is 4.58. The number of fused-ring (bicyclic) bond motifs is 1. The van der Waals surface area contributed by atoms with Gasteiger partial charge in [-0.25, -0.2) is 0 Å². The summed E-state index contributed by atoms with van der Waals surface area (Å²) in [7, 11) is 1.74. The summed E-state index contributed by atoms with van der Waals surface area (Å²) in [6, 6.07) is 17.9. The smallest absolute Gasteiger partial charge is 0.263 e. The van der Waals surface area contributed by atoms with E-state index in [0.29, 0.717) is 18.8 Å². The summed E-state index contributed by atoms with van der Waals surface area (Å²) >= 11 is 0. The van der Waals surface area contributed by atoms with Crippen molar-refractivity contribution in [1.29, 1.82) is 0 Å². The van der Waals surface area contributed by atoms with Crippen LogP contribution in [0.15, 0.2) is 65.3 Å². The van der Waals surface area contributed by atoms with Crippen LogP contribution >= 0.6 is 0 Å². The average molecular weight is 473 g/mol. The highest BCUT2D eigenvalue weighted by Gasteiger charge is 2.39. The third-order valence-corrected chi connectivity index (χ3v) is 6.92. The Morgan fingerprint density at radius 3 is 2.69 bits per heavy atom. The van der Waals surface area contributed by atoms with Crippen LogP contribution in [0.3, 0.4) is 0 Å². The molecule has 2 atom stereocenters. The van der Waals surface area contributed by atoms with Gasteiger partial charge in [0, 0.05) is 19.5 Å². The molecule has 3 aromatic rings. The quantitative estimate of drug-likeness (QED) is 0.491. The van der Waals surface area contributed by atoms with Crippen molar-refractivity contribution in [3.8, 4) is 5.75 Å². The molecule has 182 valence electrons. The van der Waals surface area contributed by atoms with Crippen LogP contribution in [0.4, 0.5) is 0 Å². The number of aryl methyl sites for hydroxylation is 1.